The van der Waals surface area contributed by atoms with Crippen LogP contribution in [0.1, 0.15) is 0 Å². The third kappa shape index (κ3) is 8.88. The molecule has 0 bridgehead atoms. The SMILES string of the molecule is COc1ccc([S+](c2ccc(OC)cc2)c2ccc(-c3ccccc3)s2)cc1.Fc1c(F)c(F)c([B-](c2c(F)c(F)c(F)c(F)c2F)(c2c(F)c(F)c(F)c(F)c2F)c2c(F)c(F)c(F)c(F)c2F)c(F)c1F. The Kier molecular flexibility index (Phi) is 15.3. The van der Waals surface area contributed by atoms with Gasteiger partial charge in [0.05, 0.1) is 14.2 Å². The fraction of sp³-hybridized carbons (Fsp3) is 0.0417. The molecule has 0 unspecified atom stereocenters. The zero-order chi connectivity index (χ0) is 53.7. The van der Waals surface area contributed by atoms with Crippen molar-refractivity contribution in [2.45, 2.75) is 14.0 Å². The summed E-state index contributed by atoms with van der Waals surface area (Å²) in [4.78, 5) is 3.83. The molecule has 0 saturated carbocycles. The van der Waals surface area contributed by atoms with Gasteiger partial charge in [-0.25, -0.2) is 87.8 Å². The Labute approximate surface area is 403 Å². The van der Waals surface area contributed by atoms with E-state index < -0.39 is 144 Å². The number of benzene rings is 7. The molecule has 8 aromatic rings. The summed E-state index contributed by atoms with van der Waals surface area (Å²) >= 11 is 1.85. The lowest BCUT2D eigenvalue weighted by molar-refractivity contribution is 0.378. The van der Waals surface area contributed by atoms with Gasteiger partial charge in [-0.3, -0.25) is 0 Å². The molecular formula is C48H21BF20O2S2. The van der Waals surface area contributed by atoms with E-state index in [9.17, 15) is 52.7 Å². The summed E-state index contributed by atoms with van der Waals surface area (Å²) in [6, 6.07) is 31.8. The highest BCUT2D eigenvalue weighted by Gasteiger charge is 2.52. The molecule has 25 heteroatoms. The number of ether oxygens (including phenoxy) is 2. The van der Waals surface area contributed by atoms with Gasteiger partial charge in [0.2, 0.25) is 4.21 Å². The van der Waals surface area contributed by atoms with Crippen LogP contribution in [0, 0.1) is 116 Å². The predicted octanol–water partition coefficient (Wildman–Crippen LogP) is 12.4. The Morgan fingerprint density at radius 2 is 0.575 bits per heavy atom. The molecule has 0 saturated heterocycles. The molecule has 8 rings (SSSR count). The van der Waals surface area contributed by atoms with E-state index in [2.05, 4.69) is 66.7 Å². The van der Waals surface area contributed by atoms with E-state index in [1.165, 1.54) is 24.4 Å². The van der Waals surface area contributed by atoms with Crippen LogP contribution in [0.25, 0.3) is 10.4 Å². The van der Waals surface area contributed by atoms with E-state index in [0.717, 1.165) is 11.5 Å². The number of thiophene rings is 1. The van der Waals surface area contributed by atoms with Gasteiger partial charge < -0.3 is 9.47 Å². The monoisotopic (exact) mass is 1080 g/mol. The van der Waals surface area contributed by atoms with Gasteiger partial charge in [-0.2, -0.15) is 0 Å². The summed E-state index contributed by atoms with van der Waals surface area (Å²) in [7, 11) is 3.22. The lowest BCUT2D eigenvalue weighted by Crippen LogP contribution is -2.81. The van der Waals surface area contributed by atoms with Crippen molar-refractivity contribution in [3.05, 3.63) is 207 Å². The summed E-state index contributed by atoms with van der Waals surface area (Å²) in [6.07, 6.45) is -7.22. The topological polar surface area (TPSA) is 18.5 Å². The van der Waals surface area contributed by atoms with Crippen LogP contribution in [0.2, 0.25) is 0 Å². The lowest BCUT2D eigenvalue weighted by atomic mass is 9.12. The van der Waals surface area contributed by atoms with Crippen LogP contribution in [0.4, 0.5) is 87.8 Å². The highest BCUT2D eigenvalue weighted by molar-refractivity contribution is 7.99. The molecule has 0 N–H and O–H groups in total. The Balaban J connectivity index is 0.000000237. The molecule has 0 spiro atoms. The summed E-state index contributed by atoms with van der Waals surface area (Å²) < 4.78 is 306. The molecule has 1 aromatic heterocycles. The van der Waals surface area contributed by atoms with Crippen LogP contribution in [0.3, 0.4) is 0 Å². The molecule has 1 heterocycles. The van der Waals surface area contributed by atoms with Crippen molar-refractivity contribution < 1.29 is 97.3 Å². The second-order valence-electron chi connectivity index (χ2n) is 14.9. The van der Waals surface area contributed by atoms with Crippen LogP contribution < -0.4 is 31.3 Å². The molecule has 0 atom stereocenters. The fourth-order valence-corrected chi connectivity index (χ4v) is 11.5. The summed E-state index contributed by atoms with van der Waals surface area (Å²) in [5, 5.41) is 0. The largest absolute Gasteiger partial charge is 0.497 e. The van der Waals surface area contributed by atoms with E-state index in [1.54, 1.807) is 14.2 Å². The van der Waals surface area contributed by atoms with Crippen molar-refractivity contribution in [3.8, 4) is 21.9 Å². The quantitative estimate of drug-likeness (QED) is 0.0447. The number of hydrogen-bond acceptors (Lipinski definition) is 3. The Bertz CT molecular complexity index is 3000. The Morgan fingerprint density at radius 1 is 0.315 bits per heavy atom. The lowest BCUT2D eigenvalue weighted by Gasteiger charge is -2.44. The van der Waals surface area contributed by atoms with Gasteiger partial charge in [0.25, 0.3) is 0 Å². The highest BCUT2D eigenvalue weighted by atomic mass is 32.2. The van der Waals surface area contributed by atoms with E-state index in [4.69, 9.17) is 9.47 Å². The van der Waals surface area contributed by atoms with Gasteiger partial charge in [-0.05, 0) is 60.2 Å². The normalized spacial score (nSPS) is 11.5. The molecule has 0 aliphatic heterocycles. The van der Waals surface area contributed by atoms with Crippen molar-refractivity contribution in [2.24, 2.45) is 0 Å². The first-order valence-corrected chi connectivity index (χ1v) is 21.9. The van der Waals surface area contributed by atoms with E-state index >= 15 is 35.1 Å². The summed E-state index contributed by atoms with van der Waals surface area (Å²) in [5.74, 6) is -69.7. The second-order valence-corrected chi connectivity index (χ2v) is 18.3. The van der Waals surface area contributed by atoms with E-state index in [-0.39, 0.29) is 10.9 Å². The average molecular weight is 1080 g/mol. The maximum atomic E-state index is 15.4. The Morgan fingerprint density at radius 3 is 0.836 bits per heavy atom. The molecule has 0 amide bonds. The van der Waals surface area contributed by atoms with Crippen molar-refractivity contribution >= 4 is 50.2 Å². The number of hydrogen-bond donors (Lipinski definition) is 0. The molecule has 0 aliphatic rings. The average Bonchev–Trinajstić information content (AvgIpc) is 3.89. The first kappa shape index (κ1) is 53.6. The maximum Gasteiger partial charge on any atom is 0.220 e. The van der Waals surface area contributed by atoms with Gasteiger partial charge in [0, 0.05) is 10.9 Å². The molecule has 2 nitrogen and oxygen atoms in total. The zero-order valence-corrected chi connectivity index (χ0v) is 37.6. The van der Waals surface area contributed by atoms with Crippen LogP contribution in [0.5, 0.6) is 11.5 Å². The van der Waals surface area contributed by atoms with Crippen molar-refractivity contribution in [3.63, 3.8) is 0 Å². The molecule has 0 aliphatic carbocycles. The first-order valence-electron chi connectivity index (χ1n) is 19.9. The standard InChI is InChI=1S/C24BF20.C24H21O2S2/c26-5-1(6(27)14(35)21(42)13(5)34)25(2-7(28)15(36)22(43)16(37)8(2)29,3-9(30)17(38)23(44)18(39)10(3)31)4-11(32)19(40)24(45)20(41)12(4)33;1-25-19-8-12-21(13-9-19)28(22-14-10-20(26-2)11-15-22)24-17-16-23(27-24)18-6-4-3-5-7-18/h;3-17H,1-2H3/q-1;+1. The minimum atomic E-state index is -7.22. The number of methoxy groups -OCH3 is 2. The molecule has 7 aromatic carbocycles. The van der Waals surface area contributed by atoms with Crippen LogP contribution in [-0.4, -0.2) is 20.4 Å². The molecule has 73 heavy (non-hydrogen) atoms. The van der Waals surface area contributed by atoms with Crippen LogP contribution in [-0.2, 0) is 10.9 Å². The van der Waals surface area contributed by atoms with Crippen molar-refractivity contribution in [1.82, 2.24) is 0 Å². The zero-order valence-electron chi connectivity index (χ0n) is 35.9. The fourth-order valence-electron chi connectivity index (χ4n) is 7.85. The molecule has 0 fully saturated rings. The van der Waals surface area contributed by atoms with Gasteiger partial charge in [-0.15, -0.1) is 21.9 Å². The molecule has 380 valence electrons. The highest BCUT2D eigenvalue weighted by Crippen LogP contribution is 2.40. The van der Waals surface area contributed by atoms with Crippen LogP contribution in [0.15, 0.2) is 105 Å². The van der Waals surface area contributed by atoms with Crippen LogP contribution >= 0.6 is 11.3 Å². The summed E-state index contributed by atoms with van der Waals surface area (Å²) in [6.45, 7) is 0. The van der Waals surface area contributed by atoms with Gasteiger partial charge in [0.15, 0.2) is 79.6 Å². The van der Waals surface area contributed by atoms with Crippen molar-refractivity contribution in [2.75, 3.05) is 14.2 Å². The van der Waals surface area contributed by atoms with E-state index in [1.807, 2.05) is 35.6 Å². The van der Waals surface area contributed by atoms with Gasteiger partial charge in [0.1, 0.15) is 75.1 Å². The minimum absolute atomic E-state index is 0.181. The van der Waals surface area contributed by atoms with E-state index in [0.29, 0.717) is 0 Å². The third-order valence-electron chi connectivity index (χ3n) is 11.1. The second kappa shape index (κ2) is 20.8. The third-order valence-corrected chi connectivity index (χ3v) is 14.8. The smallest absolute Gasteiger partial charge is 0.220 e. The molecule has 0 radical (unpaired) electrons. The Hall–Kier alpha value is -7.15. The minimum Gasteiger partial charge on any atom is -0.497 e. The number of rotatable bonds is 10. The van der Waals surface area contributed by atoms with Gasteiger partial charge >= 0.3 is 0 Å². The van der Waals surface area contributed by atoms with Gasteiger partial charge in [-0.1, -0.05) is 41.7 Å². The first-order chi connectivity index (χ1) is 34.5. The maximum absolute atomic E-state index is 15.4. The number of halogens is 20. The predicted molar refractivity (Wildman–Crippen MR) is 227 cm³/mol. The molecular weight excluding hydrogens is 1060 g/mol. The van der Waals surface area contributed by atoms with Crippen molar-refractivity contribution in [1.29, 1.82) is 0 Å². The summed E-state index contributed by atoms with van der Waals surface area (Å²) in [5.41, 5.74) is -13.1.